The van der Waals surface area contributed by atoms with Crippen LogP contribution in [-0.2, 0) is 20.9 Å². The van der Waals surface area contributed by atoms with E-state index in [0.717, 1.165) is 72.8 Å². The molecule has 0 spiro atoms. The number of aliphatic hydroxyl groups is 1. The molecule has 20 heteroatoms. The minimum Gasteiger partial charge on any atom is -0.495 e. The van der Waals surface area contributed by atoms with Gasteiger partial charge in [0.1, 0.15) is 28.7 Å². The number of thiazole rings is 1. The smallest absolute Gasteiger partial charge is 0.258 e. The number of thioether (sulfide) groups is 1. The Bertz CT molecular complexity index is 2520. The van der Waals surface area contributed by atoms with E-state index in [2.05, 4.69) is 41.1 Å². The van der Waals surface area contributed by atoms with Gasteiger partial charge in [0, 0.05) is 69.6 Å². The van der Waals surface area contributed by atoms with Crippen molar-refractivity contribution in [1.82, 2.24) is 40.3 Å². The summed E-state index contributed by atoms with van der Waals surface area (Å²) in [5.41, 5.74) is 3.81. The van der Waals surface area contributed by atoms with Crippen LogP contribution in [0.1, 0.15) is 80.4 Å². The summed E-state index contributed by atoms with van der Waals surface area (Å²) in [4.78, 5) is 75.1. The van der Waals surface area contributed by atoms with E-state index < -0.39 is 46.3 Å². The highest BCUT2D eigenvalue weighted by molar-refractivity contribution is 8.00. The van der Waals surface area contributed by atoms with Gasteiger partial charge in [0.05, 0.1) is 41.2 Å². The van der Waals surface area contributed by atoms with Crippen molar-refractivity contribution in [2.75, 3.05) is 69.8 Å². The lowest BCUT2D eigenvalue weighted by molar-refractivity contribution is -0.143. The van der Waals surface area contributed by atoms with E-state index in [1.54, 1.807) is 55.5 Å². The minimum atomic E-state index is -2.01. The zero-order valence-electron chi connectivity index (χ0n) is 40.4. The van der Waals surface area contributed by atoms with Gasteiger partial charge in [-0.1, -0.05) is 42.3 Å². The van der Waals surface area contributed by atoms with Gasteiger partial charge in [-0.25, -0.2) is 14.4 Å². The molecule has 2 saturated carbocycles. The number of ether oxygens (including phenoxy) is 1. The predicted octanol–water partition coefficient (Wildman–Crippen LogP) is 6.70. The number of nitrogens with one attached hydrogen (secondary N) is 4. The molecule has 5 N–H and O–H groups in total. The Hall–Kier alpha value is -5.08. The van der Waals surface area contributed by atoms with E-state index in [4.69, 9.17) is 16.3 Å². The Kier molecular flexibility index (Phi) is 16.2. The van der Waals surface area contributed by atoms with Crippen molar-refractivity contribution in [3.63, 3.8) is 0 Å². The fraction of sp³-hybridized carbons (Fsp3) is 0.540. The van der Waals surface area contributed by atoms with Gasteiger partial charge in [0.25, 0.3) is 11.8 Å². The molecule has 8 rings (SSSR count). The molecular formula is C50H64ClFN10O6S2. The summed E-state index contributed by atoms with van der Waals surface area (Å²) in [5.74, 6) is 1.09. The number of hydrogen-bond donors (Lipinski definition) is 5. The number of halogens is 2. The molecule has 2 aliphatic heterocycles. The number of aryl methyl sites for hydroxylation is 1. The van der Waals surface area contributed by atoms with Crippen molar-refractivity contribution >= 4 is 75.8 Å². The van der Waals surface area contributed by atoms with Gasteiger partial charge in [0.2, 0.25) is 17.8 Å². The van der Waals surface area contributed by atoms with Crippen LogP contribution in [0.4, 0.5) is 21.8 Å². The molecule has 0 radical (unpaired) electrons. The first-order chi connectivity index (χ1) is 33.5. The maximum Gasteiger partial charge on any atom is 0.258 e. The number of amides is 4. The summed E-state index contributed by atoms with van der Waals surface area (Å²) in [6.45, 7) is 9.58. The number of methoxy groups -OCH3 is 1. The molecule has 4 fully saturated rings. The third-order valence-electron chi connectivity index (χ3n) is 14.0. The zero-order chi connectivity index (χ0) is 49.7. The Morgan fingerprint density at radius 2 is 1.79 bits per heavy atom. The van der Waals surface area contributed by atoms with Crippen LogP contribution in [0.2, 0.25) is 5.02 Å². The van der Waals surface area contributed by atoms with Crippen LogP contribution in [0, 0.1) is 18.8 Å². The first kappa shape index (κ1) is 51.3. The Labute approximate surface area is 422 Å². The second-order valence-corrected chi connectivity index (χ2v) is 22.5. The summed E-state index contributed by atoms with van der Waals surface area (Å²) in [6, 6.07) is 11.1. The molecule has 4 aliphatic rings. The number of carbonyl (C=O) groups is 4. The summed E-state index contributed by atoms with van der Waals surface area (Å²) < 4.78 is 20.0. The molecule has 2 aromatic carbocycles. The van der Waals surface area contributed by atoms with Crippen LogP contribution in [0.25, 0.3) is 10.4 Å². The molecule has 0 bridgehead atoms. The number of benzene rings is 2. The monoisotopic (exact) mass is 1020 g/mol. The molecule has 5 atom stereocenters. The second kappa shape index (κ2) is 22.1. The van der Waals surface area contributed by atoms with E-state index in [0.29, 0.717) is 58.7 Å². The minimum absolute atomic E-state index is 0.0551. The highest BCUT2D eigenvalue weighted by Gasteiger charge is 2.54. The van der Waals surface area contributed by atoms with Crippen LogP contribution in [0.15, 0.2) is 54.2 Å². The summed E-state index contributed by atoms with van der Waals surface area (Å²) in [5, 5.41) is 23.0. The molecule has 376 valence electrons. The molecular weight excluding hydrogens is 955 g/mol. The van der Waals surface area contributed by atoms with Gasteiger partial charge in [-0.15, -0.1) is 11.3 Å². The highest BCUT2D eigenvalue weighted by atomic mass is 35.5. The van der Waals surface area contributed by atoms with Gasteiger partial charge in [-0.05, 0) is 99.8 Å². The van der Waals surface area contributed by atoms with Crippen molar-refractivity contribution in [3.05, 3.63) is 76.0 Å². The Morgan fingerprint density at radius 3 is 2.47 bits per heavy atom. The SMILES string of the molecule is CNc1nc(Nc2ccc(C(=O)N3CCN(C[C@@H]4CCC[C@H](CSC(C)(C)[C@H](NC(=O)C5(F)CC5)C(=O)N5C[C@H](O)C[C@@H]5C(=O)NCc5ccc(-c6scnc6C)cc5)C4)CC3)cc2OC)ncc1Cl. The average Bonchev–Trinajstić information content (AvgIpc) is 3.77. The molecule has 16 nitrogen and oxygen atoms in total. The molecule has 2 saturated heterocycles. The van der Waals surface area contributed by atoms with Crippen molar-refractivity contribution < 1.29 is 33.4 Å². The van der Waals surface area contributed by atoms with Crippen molar-refractivity contribution in [2.24, 2.45) is 11.8 Å². The van der Waals surface area contributed by atoms with Gasteiger partial charge >= 0.3 is 0 Å². The summed E-state index contributed by atoms with van der Waals surface area (Å²) in [7, 11) is 3.27. The van der Waals surface area contributed by atoms with Crippen LogP contribution in [0.5, 0.6) is 5.75 Å². The van der Waals surface area contributed by atoms with Crippen LogP contribution in [-0.4, -0.2) is 146 Å². The topological polar surface area (TPSA) is 194 Å². The molecule has 2 aliphatic carbocycles. The largest absolute Gasteiger partial charge is 0.495 e. The first-order valence-corrected chi connectivity index (χ1v) is 26.3. The normalized spacial score (nSPS) is 21.7. The van der Waals surface area contributed by atoms with Crippen molar-refractivity contribution in [2.45, 2.75) is 101 Å². The maximum absolute atomic E-state index is 15.2. The van der Waals surface area contributed by atoms with Crippen molar-refractivity contribution in [3.8, 4) is 16.2 Å². The molecule has 0 unspecified atom stereocenters. The van der Waals surface area contributed by atoms with E-state index in [1.807, 2.05) is 55.4 Å². The number of anilines is 3. The standard InChI is InChI=1S/C50H64ClFN10O6S2/c1-30-41(69-29-56-30)34-11-9-31(10-12-34)24-54-44(64)39-23-36(63)27-62(39)46(66)42(58-47(67)50(52)15-16-50)49(2,3)70-28-33-8-6-7-32(21-33)26-60-17-19-61(20-18-60)45(65)35-13-14-38(40(22-35)68-5)57-48-55-25-37(51)43(53-4)59-48/h9-14,22,25,29,32-33,36,39,42,63H,6-8,15-21,23-24,26-28H2,1-5H3,(H,54,64)(H,58,67)(H2,53,55,57,59)/t32-,33+,36-,39-,42-/m1/s1. The number of hydrogen-bond acceptors (Lipinski definition) is 14. The van der Waals surface area contributed by atoms with E-state index >= 15 is 4.39 Å². The average molecular weight is 1020 g/mol. The fourth-order valence-electron chi connectivity index (χ4n) is 9.73. The number of alkyl halides is 1. The third-order valence-corrected chi connectivity index (χ3v) is 16.9. The molecule has 70 heavy (non-hydrogen) atoms. The zero-order valence-corrected chi connectivity index (χ0v) is 42.8. The lowest BCUT2D eigenvalue weighted by atomic mass is 9.82. The number of aliphatic hydroxyl groups excluding tert-OH is 1. The van der Waals surface area contributed by atoms with E-state index in [1.165, 1.54) is 11.1 Å². The maximum atomic E-state index is 15.2. The van der Waals surface area contributed by atoms with Gasteiger partial charge in [-0.3, -0.25) is 24.1 Å². The molecule has 4 amide bonds. The predicted molar refractivity (Wildman–Crippen MR) is 272 cm³/mol. The highest BCUT2D eigenvalue weighted by Crippen LogP contribution is 2.42. The number of carbonyl (C=O) groups excluding carboxylic acids is 4. The number of nitrogens with zero attached hydrogens (tertiary/aromatic N) is 6. The van der Waals surface area contributed by atoms with Crippen LogP contribution in [0.3, 0.4) is 0 Å². The van der Waals surface area contributed by atoms with Crippen molar-refractivity contribution in [1.29, 1.82) is 0 Å². The quantitative estimate of drug-likeness (QED) is 0.0708. The van der Waals surface area contributed by atoms with E-state index in [9.17, 15) is 24.3 Å². The Morgan fingerprint density at radius 1 is 1.04 bits per heavy atom. The summed E-state index contributed by atoms with van der Waals surface area (Å²) in [6.07, 6.45) is 5.05. The van der Waals surface area contributed by atoms with Gasteiger partial charge < -0.3 is 40.9 Å². The number of aromatic nitrogens is 3. The number of piperazine rings is 1. The molecule has 4 aromatic rings. The second-order valence-electron chi connectivity index (χ2n) is 19.5. The Balaban J connectivity index is 0.837. The number of β-amino-alcohol motifs (C(OH)–C–C–N with tert-alkyl or cyclic N) is 1. The van der Waals surface area contributed by atoms with E-state index in [-0.39, 0.29) is 38.3 Å². The molecule has 4 heterocycles. The lowest BCUT2D eigenvalue weighted by Gasteiger charge is -2.40. The summed E-state index contributed by atoms with van der Waals surface area (Å²) >= 11 is 9.30. The van der Waals surface area contributed by atoms with Crippen LogP contribution >= 0.6 is 34.7 Å². The van der Waals surface area contributed by atoms with Gasteiger partial charge in [-0.2, -0.15) is 16.7 Å². The fourth-order valence-corrected chi connectivity index (χ4v) is 12.0. The van der Waals surface area contributed by atoms with Gasteiger partial charge in [0.15, 0.2) is 5.67 Å². The first-order valence-electron chi connectivity index (χ1n) is 24.1. The third kappa shape index (κ3) is 12.1. The number of likely N-dealkylation sites (tertiary alicyclic amines) is 1. The lowest BCUT2D eigenvalue weighted by Crippen LogP contribution is -2.61. The molecule has 2 aromatic heterocycles. The van der Waals surface area contributed by atoms with Crippen LogP contribution < -0.4 is 26.0 Å². The number of rotatable bonds is 18.